The van der Waals surface area contributed by atoms with E-state index in [0.717, 1.165) is 5.57 Å². The van der Waals surface area contributed by atoms with E-state index in [9.17, 15) is 19.5 Å². The van der Waals surface area contributed by atoms with Crippen molar-refractivity contribution in [3.63, 3.8) is 0 Å². The van der Waals surface area contributed by atoms with E-state index in [4.69, 9.17) is 9.47 Å². The van der Waals surface area contributed by atoms with Crippen molar-refractivity contribution in [3.05, 3.63) is 23.3 Å². The van der Waals surface area contributed by atoms with Crippen molar-refractivity contribution in [1.82, 2.24) is 0 Å². The molecule has 0 unspecified atom stereocenters. The zero-order valence-electron chi connectivity index (χ0n) is 20.9. The SMILES string of the molecule is CC[C@@H](C)C(=O)O[C@@]12C[C@@H](C)[C@]3(O)[C@@H]4C=C(C)C(=O)[C@@H]4CC(COC(C)=O)=C[C@H]3[C@@H]1C2(C)C. The average molecular weight is 459 g/mol. The lowest BCUT2D eigenvalue weighted by Crippen LogP contribution is -2.56. The Morgan fingerprint density at radius 2 is 1.91 bits per heavy atom. The third kappa shape index (κ3) is 3.35. The van der Waals surface area contributed by atoms with Crippen molar-refractivity contribution in [1.29, 1.82) is 0 Å². The Balaban J connectivity index is 1.79. The second-order valence-electron chi connectivity index (χ2n) is 11.5. The maximum absolute atomic E-state index is 13.1. The summed E-state index contributed by atoms with van der Waals surface area (Å²) < 4.78 is 11.6. The van der Waals surface area contributed by atoms with Gasteiger partial charge in [-0.2, -0.15) is 0 Å². The third-order valence-corrected chi connectivity index (χ3v) is 9.36. The average Bonchev–Trinajstić information content (AvgIpc) is 3.11. The summed E-state index contributed by atoms with van der Waals surface area (Å²) in [5.41, 5.74) is -0.553. The number of carbonyl (C=O) groups excluding carboxylic acids is 3. The molecule has 0 aromatic heterocycles. The molecule has 0 spiro atoms. The first-order valence-electron chi connectivity index (χ1n) is 12.3. The number of esters is 2. The molecule has 0 aromatic carbocycles. The van der Waals surface area contributed by atoms with E-state index in [0.29, 0.717) is 24.8 Å². The van der Waals surface area contributed by atoms with Gasteiger partial charge in [-0.25, -0.2) is 0 Å². The Hall–Kier alpha value is -1.95. The first-order valence-corrected chi connectivity index (χ1v) is 12.3. The van der Waals surface area contributed by atoms with Gasteiger partial charge in [0.1, 0.15) is 12.2 Å². The van der Waals surface area contributed by atoms with Gasteiger partial charge in [-0.05, 0) is 43.3 Å². The quantitative estimate of drug-likeness (QED) is 0.495. The predicted octanol–water partition coefficient (Wildman–Crippen LogP) is 4.01. The van der Waals surface area contributed by atoms with Crippen LogP contribution in [0.15, 0.2) is 23.3 Å². The number of hydrogen-bond donors (Lipinski definition) is 1. The fourth-order valence-electron chi connectivity index (χ4n) is 7.17. The van der Waals surface area contributed by atoms with Crippen LogP contribution in [0.5, 0.6) is 0 Å². The molecule has 1 N–H and O–H groups in total. The minimum absolute atomic E-state index is 0.0603. The first-order chi connectivity index (χ1) is 15.3. The van der Waals surface area contributed by atoms with Crippen LogP contribution < -0.4 is 0 Å². The van der Waals surface area contributed by atoms with Gasteiger partial charge in [0.2, 0.25) is 0 Å². The minimum atomic E-state index is -1.14. The number of aliphatic hydroxyl groups is 1. The van der Waals surface area contributed by atoms with E-state index in [1.54, 1.807) is 0 Å². The molecule has 6 heteroatoms. The van der Waals surface area contributed by atoms with Gasteiger partial charge < -0.3 is 14.6 Å². The Bertz CT molecular complexity index is 944. The first kappa shape index (κ1) is 24.2. The second kappa shape index (κ2) is 7.79. The van der Waals surface area contributed by atoms with Gasteiger partial charge >= 0.3 is 11.9 Å². The molecular formula is C27H38O6. The lowest BCUT2D eigenvalue weighted by molar-refractivity contribution is -0.176. The molecule has 0 bridgehead atoms. The molecule has 8 atom stereocenters. The highest BCUT2D eigenvalue weighted by atomic mass is 16.6. The number of ether oxygens (including phenoxy) is 2. The topological polar surface area (TPSA) is 89.9 Å². The van der Waals surface area contributed by atoms with Crippen molar-refractivity contribution in [2.75, 3.05) is 6.61 Å². The molecule has 0 saturated heterocycles. The minimum Gasteiger partial charge on any atom is -0.461 e. The molecule has 4 aliphatic rings. The zero-order chi connectivity index (χ0) is 24.5. The van der Waals surface area contributed by atoms with E-state index in [2.05, 4.69) is 13.8 Å². The molecule has 4 aliphatic carbocycles. The fourth-order valence-corrected chi connectivity index (χ4v) is 7.17. The van der Waals surface area contributed by atoms with Crippen LogP contribution in [-0.2, 0) is 23.9 Å². The van der Waals surface area contributed by atoms with Crippen molar-refractivity contribution in [2.24, 2.45) is 40.9 Å². The molecule has 182 valence electrons. The van der Waals surface area contributed by atoms with E-state index in [-0.39, 0.29) is 65.3 Å². The largest absolute Gasteiger partial charge is 0.461 e. The molecule has 0 aromatic rings. The monoisotopic (exact) mass is 458 g/mol. The van der Waals surface area contributed by atoms with E-state index >= 15 is 0 Å². The molecular weight excluding hydrogens is 420 g/mol. The lowest BCUT2D eigenvalue weighted by Gasteiger charge is -2.49. The second-order valence-corrected chi connectivity index (χ2v) is 11.5. The number of hydrogen-bond acceptors (Lipinski definition) is 6. The molecule has 0 radical (unpaired) electrons. The number of ketones is 1. The molecule has 6 nitrogen and oxygen atoms in total. The van der Waals surface area contributed by atoms with Crippen LogP contribution in [0, 0.1) is 40.9 Å². The maximum atomic E-state index is 13.1. The number of rotatable bonds is 5. The molecule has 2 fully saturated rings. The normalized spacial score (nSPS) is 41.5. The van der Waals surface area contributed by atoms with E-state index in [1.807, 2.05) is 39.8 Å². The van der Waals surface area contributed by atoms with E-state index in [1.165, 1.54) is 6.92 Å². The highest BCUT2D eigenvalue weighted by Gasteiger charge is 2.82. The molecule has 4 rings (SSSR count). The van der Waals surface area contributed by atoms with Crippen LogP contribution in [0.2, 0.25) is 0 Å². The molecule has 0 amide bonds. The summed E-state index contributed by atoms with van der Waals surface area (Å²) in [5.74, 6) is -1.92. The standard InChI is InChI=1S/C27H38O6/c1-8-14(2)24(30)33-26-12-16(4)27(31)20-9-15(3)22(29)19(20)10-18(13-32-17(5)28)11-21(27)23(26)25(26,6)7/h9,11,14,16,19-21,23,31H,8,10,12-13H2,1-7H3/t14-,16-,19-,20-,21+,23-,26+,27+/m1/s1. The third-order valence-electron chi connectivity index (χ3n) is 9.36. The molecule has 2 saturated carbocycles. The van der Waals surface area contributed by atoms with Crippen LogP contribution >= 0.6 is 0 Å². The molecule has 0 aliphatic heterocycles. The summed E-state index contributed by atoms with van der Waals surface area (Å²) in [6, 6.07) is 0. The van der Waals surface area contributed by atoms with Crippen molar-refractivity contribution < 1.29 is 29.0 Å². The van der Waals surface area contributed by atoms with Crippen molar-refractivity contribution in [3.8, 4) is 0 Å². The van der Waals surface area contributed by atoms with Crippen LogP contribution in [0.4, 0.5) is 0 Å². The summed E-state index contributed by atoms with van der Waals surface area (Å²) in [6.45, 7) is 13.4. The predicted molar refractivity (Wildman–Crippen MR) is 123 cm³/mol. The van der Waals surface area contributed by atoms with Crippen molar-refractivity contribution in [2.45, 2.75) is 78.9 Å². The van der Waals surface area contributed by atoms with Gasteiger partial charge in [-0.3, -0.25) is 14.4 Å². The molecule has 33 heavy (non-hydrogen) atoms. The summed E-state index contributed by atoms with van der Waals surface area (Å²) >= 11 is 0. The van der Waals surface area contributed by atoms with Gasteiger partial charge in [-0.15, -0.1) is 0 Å². The van der Waals surface area contributed by atoms with Gasteiger partial charge in [0.15, 0.2) is 5.78 Å². The number of Topliss-reactive ketones (excluding diaryl/α,β-unsaturated/α-hetero) is 1. The van der Waals surface area contributed by atoms with Crippen LogP contribution in [-0.4, -0.2) is 40.6 Å². The molecule has 0 heterocycles. The van der Waals surface area contributed by atoms with Gasteiger partial charge in [-0.1, -0.05) is 46.8 Å². The highest BCUT2D eigenvalue weighted by Crippen LogP contribution is 2.76. The van der Waals surface area contributed by atoms with Gasteiger partial charge in [0, 0.05) is 36.0 Å². The summed E-state index contributed by atoms with van der Waals surface area (Å²) in [7, 11) is 0. The Morgan fingerprint density at radius 3 is 2.52 bits per heavy atom. The smallest absolute Gasteiger partial charge is 0.309 e. The van der Waals surface area contributed by atoms with Crippen LogP contribution in [0.1, 0.15) is 67.7 Å². The lowest BCUT2D eigenvalue weighted by atomic mass is 9.61. The number of carbonyl (C=O) groups is 3. The summed E-state index contributed by atoms with van der Waals surface area (Å²) in [4.78, 5) is 37.4. The highest BCUT2D eigenvalue weighted by molar-refractivity contribution is 6.00. The van der Waals surface area contributed by atoms with Gasteiger partial charge in [0.25, 0.3) is 0 Å². The Morgan fingerprint density at radius 1 is 1.24 bits per heavy atom. The fraction of sp³-hybridized carbons (Fsp3) is 0.741. The van der Waals surface area contributed by atoms with Crippen molar-refractivity contribution >= 4 is 17.7 Å². The van der Waals surface area contributed by atoms with Gasteiger partial charge in [0.05, 0.1) is 11.5 Å². The van der Waals surface area contributed by atoms with Crippen LogP contribution in [0.3, 0.4) is 0 Å². The maximum Gasteiger partial charge on any atom is 0.309 e. The summed E-state index contributed by atoms with van der Waals surface area (Å²) in [6.07, 6.45) is 5.73. The number of fused-ring (bicyclic) bond motifs is 5. The van der Waals surface area contributed by atoms with E-state index < -0.39 is 11.2 Å². The number of allylic oxidation sites excluding steroid dienone is 1. The zero-order valence-corrected chi connectivity index (χ0v) is 20.9. The summed E-state index contributed by atoms with van der Waals surface area (Å²) in [5, 5.41) is 12.4. The Labute approximate surface area is 196 Å². The van der Waals surface area contributed by atoms with Crippen LogP contribution in [0.25, 0.3) is 0 Å². The Kier molecular flexibility index (Phi) is 5.71.